The number of halogens is 2. The molecule has 1 aliphatic carbocycles. The summed E-state index contributed by atoms with van der Waals surface area (Å²) < 4.78 is 28.6. The zero-order valence-electron chi connectivity index (χ0n) is 12.2. The van der Waals surface area contributed by atoms with Crippen LogP contribution in [0.4, 0.5) is 8.78 Å². The smallest absolute Gasteiger partial charge is 0.222 e. The maximum atomic E-state index is 13.4. The van der Waals surface area contributed by atoms with E-state index in [1.165, 1.54) is 12.1 Å². The molecule has 0 bridgehead atoms. The number of benzene rings is 1. The monoisotopic (exact) mass is 305 g/mol. The van der Waals surface area contributed by atoms with Gasteiger partial charge in [-0.3, -0.25) is 4.79 Å². The zero-order chi connectivity index (χ0) is 15.7. The standard InChI is InChI=1S/C16H17F2N3O/c1-11(21-5-4-19-10-21)6-15(22)20-16(2-3-16)12-7-13(17)9-14(18)8-12/h4-5,7-11H,2-3,6H2,1H3,(H,20,22)/t11-/m0/s1. The van der Waals surface area contributed by atoms with Gasteiger partial charge in [-0.05, 0) is 37.5 Å². The Morgan fingerprint density at radius 2 is 2.05 bits per heavy atom. The van der Waals surface area contributed by atoms with Crippen LogP contribution in [-0.4, -0.2) is 15.5 Å². The van der Waals surface area contributed by atoms with Crippen LogP contribution in [0.15, 0.2) is 36.9 Å². The normalized spacial score (nSPS) is 17.0. The van der Waals surface area contributed by atoms with E-state index in [4.69, 9.17) is 0 Å². The number of amides is 1. The summed E-state index contributed by atoms with van der Waals surface area (Å²) in [5.74, 6) is -1.38. The minimum Gasteiger partial charge on any atom is -0.347 e. The Balaban J connectivity index is 1.68. The molecule has 22 heavy (non-hydrogen) atoms. The van der Waals surface area contributed by atoms with E-state index < -0.39 is 17.2 Å². The van der Waals surface area contributed by atoms with Gasteiger partial charge in [0.25, 0.3) is 0 Å². The van der Waals surface area contributed by atoms with Gasteiger partial charge in [0.2, 0.25) is 5.91 Å². The van der Waals surface area contributed by atoms with E-state index >= 15 is 0 Å². The average Bonchev–Trinajstić information content (AvgIpc) is 3.01. The molecule has 1 fully saturated rings. The van der Waals surface area contributed by atoms with Crippen molar-refractivity contribution < 1.29 is 13.6 Å². The predicted octanol–water partition coefficient (Wildman–Crippen LogP) is 2.92. The van der Waals surface area contributed by atoms with Crippen LogP contribution in [0.1, 0.15) is 37.8 Å². The van der Waals surface area contributed by atoms with Gasteiger partial charge in [-0.2, -0.15) is 0 Å². The van der Waals surface area contributed by atoms with Gasteiger partial charge in [-0.1, -0.05) is 0 Å². The third-order valence-corrected chi connectivity index (χ3v) is 4.06. The fourth-order valence-electron chi connectivity index (χ4n) is 2.66. The quantitative estimate of drug-likeness (QED) is 0.923. The van der Waals surface area contributed by atoms with Crippen molar-refractivity contribution in [3.05, 3.63) is 54.1 Å². The highest BCUT2D eigenvalue weighted by Crippen LogP contribution is 2.46. The third-order valence-electron chi connectivity index (χ3n) is 4.06. The fraction of sp³-hybridized carbons (Fsp3) is 0.375. The number of nitrogens with zero attached hydrogens (tertiary/aromatic N) is 2. The molecule has 0 spiro atoms. The summed E-state index contributed by atoms with van der Waals surface area (Å²) in [6, 6.07) is 3.39. The largest absolute Gasteiger partial charge is 0.347 e. The van der Waals surface area contributed by atoms with Crippen molar-refractivity contribution in [1.29, 1.82) is 0 Å². The molecule has 0 radical (unpaired) electrons. The number of carbonyl (C=O) groups is 1. The van der Waals surface area contributed by atoms with Crippen LogP contribution in [-0.2, 0) is 10.3 Å². The summed E-state index contributed by atoms with van der Waals surface area (Å²) in [7, 11) is 0. The van der Waals surface area contributed by atoms with Crippen molar-refractivity contribution in [2.75, 3.05) is 0 Å². The minimum atomic E-state index is -0.623. The molecule has 1 aromatic carbocycles. The van der Waals surface area contributed by atoms with E-state index in [1.807, 2.05) is 11.5 Å². The maximum Gasteiger partial charge on any atom is 0.222 e. The van der Waals surface area contributed by atoms with Gasteiger partial charge in [0.15, 0.2) is 0 Å². The van der Waals surface area contributed by atoms with Gasteiger partial charge in [-0.15, -0.1) is 0 Å². The number of nitrogens with one attached hydrogen (secondary N) is 1. The van der Waals surface area contributed by atoms with Gasteiger partial charge in [0.1, 0.15) is 11.6 Å². The summed E-state index contributed by atoms with van der Waals surface area (Å²) in [5, 5.41) is 2.92. The summed E-state index contributed by atoms with van der Waals surface area (Å²) >= 11 is 0. The molecule has 6 heteroatoms. The molecule has 3 rings (SSSR count). The Kier molecular flexibility index (Phi) is 3.68. The number of hydrogen-bond donors (Lipinski definition) is 1. The lowest BCUT2D eigenvalue weighted by molar-refractivity contribution is -0.122. The van der Waals surface area contributed by atoms with Gasteiger partial charge >= 0.3 is 0 Å². The summed E-state index contributed by atoms with van der Waals surface area (Å²) in [4.78, 5) is 16.2. The van der Waals surface area contributed by atoms with E-state index in [0.29, 0.717) is 18.4 Å². The first-order valence-corrected chi connectivity index (χ1v) is 7.23. The predicted molar refractivity (Wildman–Crippen MR) is 77.0 cm³/mol. The second-order valence-corrected chi connectivity index (χ2v) is 5.85. The van der Waals surface area contributed by atoms with Crippen LogP contribution < -0.4 is 5.32 Å². The number of hydrogen-bond acceptors (Lipinski definition) is 2. The van der Waals surface area contributed by atoms with Gasteiger partial charge in [-0.25, -0.2) is 13.8 Å². The first-order valence-electron chi connectivity index (χ1n) is 7.23. The molecule has 1 heterocycles. The van der Waals surface area contributed by atoms with Crippen molar-refractivity contribution in [1.82, 2.24) is 14.9 Å². The zero-order valence-corrected chi connectivity index (χ0v) is 12.2. The Labute approximate surface area is 127 Å². The van der Waals surface area contributed by atoms with Gasteiger partial charge in [0.05, 0.1) is 11.9 Å². The van der Waals surface area contributed by atoms with Crippen molar-refractivity contribution in [2.45, 2.75) is 37.8 Å². The topological polar surface area (TPSA) is 46.9 Å². The molecule has 2 aromatic rings. The molecule has 1 atom stereocenters. The van der Waals surface area contributed by atoms with Crippen molar-refractivity contribution >= 4 is 5.91 Å². The number of rotatable bonds is 5. The highest BCUT2D eigenvalue weighted by atomic mass is 19.1. The third kappa shape index (κ3) is 3.00. The highest BCUT2D eigenvalue weighted by molar-refractivity contribution is 5.78. The first kappa shape index (κ1) is 14.7. The fourth-order valence-corrected chi connectivity index (χ4v) is 2.66. The SMILES string of the molecule is C[C@@H](CC(=O)NC1(c2cc(F)cc(F)c2)CC1)n1ccnc1. The van der Waals surface area contributed by atoms with Crippen LogP contribution in [0, 0.1) is 11.6 Å². The average molecular weight is 305 g/mol. The minimum absolute atomic E-state index is 0.0254. The molecule has 1 amide bonds. The highest BCUT2D eigenvalue weighted by Gasteiger charge is 2.46. The molecule has 0 saturated heterocycles. The summed E-state index contributed by atoms with van der Waals surface area (Å²) in [5.41, 5.74) is -0.122. The molecule has 0 aliphatic heterocycles. The number of carbonyl (C=O) groups excluding carboxylic acids is 1. The van der Waals surface area contributed by atoms with E-state index in [0.717, 1.165) is 6.07 Å². The Morgan fingerprint density at radius 1 is 1.36 bits per heavy atom. The molecule has 116 valence electrons. The van der Waals surface area contributed by atoms with E-state index in [-0.39, 0.29) is 18.4 Å². The Bertz CT molecular complexity index is 660. The van der Waals surface area contributed by atoms with Crippen molar-refractivity contribution in [3.8, 4) is 0 Å². The molecule has 1 N–H and O–H groups in total. The van der Waals surface area contributed by atoms with Crippen LogP contribution in [0.2, 0.25) is 0 Å². The van der Waals surface area contributed by atoms with Crippen molar-refractivity contribution in [2.24, 2.45) is 0 Å². The number of imidazole rings is 1. The van der Waals surface area contributed by atoms with Crippen LogP contribution >= 0.6 is 0 Å². The molecule has 0 unspecified atom stereocenters. The lowest BCUT2D eigenvalue weighted by Crippen LogP contribution is -2.36. The van der Waals surface area contributed by atoms with E-state index in [9.17, 15) is 13.6 Å². The van der Waals surface area contributed by atoms with Crippen molar-refractivity contribution in [3.63, 3.8) is 0 Å². The lowest BCUT2D eigenvalue weighted by atomic mass is 10.0. The van der Waals surface area contributed by atoms with Gasteiger partial charge < -0.3 is 9.88 Å². The van der Waals surface area contributed by atoms with Crippen LogP contribution in [0.3, 0.4) is 0 Å². The Morgan fingerprint density at radius 3 is 2.59 bits per heavy atom. The summed E-state index contributed by atoms with van der Waals surface area (Å²) in [6.45, 7) is 1.92. The number of aromatic nitrogens is 2. The second kappa shape index (κ2) is 5.51. The lowest BCUT2D eigenvalue weighted by Gasteiger charge is -2.20. The van der Waals surface area contributed by atoms with Gasteiger partial charge in [0, 0.05) is 30.9 Å². The molecule has 1 aromatic heterocycles. The molecular weight excluding hydrogens is 288 g/mol. The van der Waals surface area contributed by atoms with Crippen LogP contribution in [0.25, 0.3) is 0 Å². The van der Waals surface area contributed by atoms with E-state index in [2.05, 4.69) is 10.3 Å². The second-order valence-electron chi connectivity index (χ2n) is 5.85. The van der Waals surface area contributed by atoms with E-state index in [1.54, 1.807) is 18.7 Å². The van der Waals surface area contributed by atoms with Crippen LogP contribution in [0.5, 0.6) is 0 Å². The maximum absolute atomic E-state index is 13.4. The molecular formula is C16H17F2N3O. The molecule has 1 saturated carbocycles. The summed E-state index contributed by atoms with van der Waals surface area (Å²) in [6.07, 6.45) is 6.80. The molecule has 1 aliphatic rings. The first-order chi connectivity index (χ1) is 10.5. The molecule has 4 nitrogen and oxygen atoms in total. The Hall–Kier alpha value is -2.24.